The third-order valence-corrected chi connectivity index (χ3v) is 2.44. The first kappa shape index (κ1) is 14.9. The van der Waals surface area contributed by atoms with E-state index < -0.39 is 0 Å². The van der Waals surface area contributed by atoms with Crippen molar-refractivity contribution in [3.8, 4) is 5.88 Å². The Morgan fingerprint density at radius 3 is 2.72 bits per heavy atom. The lowest BCUT2D eigenvalue weighted by molar-refractivity contribution is 0.291. The Hall–Kier alpha value is -1.16. The summed E-state index contributed by atoms with van der Waals surface area (Å²) in [6.07, 6.45) is 3.24. The number of aromatic nitrogens is 1. The monoisotopic (exact) mass is 254 g/mol. The lowest BCUT2D eigenvalue weighted by atomic mass is 10.1. The van der Waals surface area contributed by atoms with Crippen molar-refractivity contribution in [1.82, 2.24) is 10.3 Å². The summed E-state index contributed by atoms with van der Waals surface area (Å²) in [5.41, 5.74) is 0.744. The molecule has 0 atom stereocenters. The summed E-state index contributed by atoms with van der Waals surface area (Å²) in [5.74, 6) is 0.199. The number of unbranched alkanes of at least 4 members (excludes halogenated alkanes) is 1. The van der Waals surface area contributed by atoms with E-state index in [0.29, 0.717) is 19.0 Å². The molecule has 18 heavy (non-hydrogen) atoms. The summed E-state index contributed by atoms with van der Waals surface area (Å²) in [4.78, 5) is 4.01. The van der Waals surface area contributed by atoms with Crippen molar-refractivity contribution >= 4 is 0 Å². The molecule has 0 aliphatic rings. The minimum Gasteiger partial charge on any atom is -0.477 e. The van der Waals surface area contributed by atoms with Gasteiger partial charge in [-0.1, -0.05) is 13.3 Å². The smallest absolute Gasteiger partial charge is 0.218 e. The van der Waals surface area contributed by atoms with Crippen molar-refractivity contribution < 1.29 is 9.13 Å². The fourth-order valence-corrected chi connectivity index (χ4v) is 1.40. The summed E-state index contributed by atoms with van der Waals surface area (Å²) >= 11 is 0. The zero-order chi connectivity index (χ0) is 13.6. The standard InChI is InChI=1S/C14H23FN2O/c1-5-6-7-18-13-11(8-12(15)10-16-13)9-17-14(2,3)4/h8,10,17H,5-7,9H2,1-4H3. The zero-order valence-corrected chi connectivity index (χ0v) is 11.7. The van der Waals surface area contributed by atoms with E-state index in [2.05, 4.69) is 38.0 Å². The van der Waals surface area contributed by atoms with Crippen LogP contribution in [0.4, 0.5) is 4.39 Å². The SMILES string of the molecule is CCCCOc1ncc(F)cc1CNC(C)(C)C. The summed E-state index contributed by atoms with van der Waals surface area (Å²) in [5, 5.41) is 3.31. The van der Waals surface area contributed by atoms with Gasteiger partial charge in [-0.25, -0.2) is 9.37 Å². The van der Waals surface area contributed by atoms with E-state index >= 15 is 0 Å². The molecule has 0 spiro atoms. The second kappa shape index (κ2) is 6.69. The Morgan fingerprint density at radius 1 is 1.39 bits per heavy atom. The highest BCUT2D eigenvalue weighted by molar-refractivity contribution is 5.26. The Labute approximate surface area is 109 Å². The van der Waals surface area contributed by atoms with Gasteiger partial charge in [0.2, 0.25) is 5.88 Å². The van der Waals surface area contributed by atoms with Gasteiger partial charge in [-0.15, -0.1) is 0 Å². The highest BCUT2D eigenvalue weighted by Gasteiger charge is 2.12. The maximum absolute atomic E-state index is 13.2. The molecule has 0 saturated carbocycles. The molecule has 0 fully saturated rings. The molecule has 1 rings (SSSR count). The number of nitrogens with zero attached hydrogens (tertiary/aromatic N) is 1. The van der Waals surface area contributed by atoms with Gasteiger partial charge in [0.15, 0.2) is 0 Å². The van der Waals surface area contributed by atoms with Crippen LogP contribution in [0, 0.1) is 5.82 Å². The molecule has 0 aliphatic heterocycles. The van der Waals surface area contributed by atoms with Crippen LogP contribution in [0.15, 0.2) is 12.3 Å². The number of halogens is 1. The molecule has 0 aromatic carbocycles. The first-order valence-corrected chi connectivity index (χ1v) is 6.44. The maximum Gasteiger partial charge on any atom is 0.218 e. The second-order valence-electron chi connectivity index (χ2n) is 5.42. The van der Waals surface area contributed by atoms with Gasteiger partial charge in [0.25, 0.3) is 0 Å². The van der Waals surface area contributed by atoms with E-state index in [1.165, 1.54) is 12.3 Å². The van der Waals surface area contributed by atoms with Gasteiger partial charge >= 0.3 is 0 Å². The predicted molar refractivity (Wildman–Crippen MR) is 71.2 cm³/mol. The van der Waals surface area contributed by atoms with Crippen LogP contribution >= 0.6 is 0 Å². The van der Waals surface area contributed by atoms with E-state index in [0.717, 1.165) is 18.4 Å². The quantitative estimate of drug-likeness (QED) is 0.791. The third-order valence-electron chi connectivity index (χ3n) is 2.44. The average molecular weight is 254 g/mol. The fourth-order valence-electron chi connectivity index (χ4n) is 1.40. The van der Waals surface area contributed by atoms with E-state index in [9.17, 15) is 4.39 Å². The molecule has 4 heteroatoms. The molecule has 1 N–H and O–H groups in total. The molecule has 0 bridgehead atoms. The number of ether oxygens (including phenoxy) is 1. The fraction of sp³-hybridized carbons (Fsp3) is 0.643. The van der Waals surface area contributed by atoms with Crippen molar-refractivity contribution in [2.24, 2.45) is 0 Å². The van der Waals surface area contributed by atoms with E-state index in [1.54, 1.807) is 0 Å². The van der Waals surface area contributed by atoms with Crippen molar-refractivity contribution in [3.05, 3.63) is 23.6 Å². The third kappa shape index (κ3) is 5.45. The molecular weight excluding hydrogens is 231 g/mol. The van der Waals surface area contributed by atoms with E-state index in [1.807, 2.05) is 0 Å². The molecule has 0 amide bonds. The molecule has 1 aromatic heterocycles. The van der Waals surface area contributed by atoms with Crippen molar-refractivity contribution in [1.29, 1.82) is 0 Å². The van der Waals surface area contributed by atoms with Crippen LogP contribution < -0.4 is 10.1 Å². The van der Waals surface area contributed by atoms with E-state index in [-0.39, 0.29) is 11.4 Å². The molecule has 0 unspecified atom stereocenters. The Kier molecular flexibility index (Phi) is 5.54. The van der Waals surface area contributed by atoms with Crippen LogP contribution in [0.3, 0.4) is 0 Å². The van der Waals surface area contributed by atoms with Crippen LogP contribution in [0.5, 0.6) is 5.88 Å². The minimum absolute atomic E-state index is 0.0208. The summed E-state index contributed by atoms with van der Waals surface area (Å²) in [7, 11) is 0. The number of hydrogen-bond donors (Lipinski definition) is 1. The molecule has 3 nitrogen and oxygen atoms in total. The molecule has 0 aliphatic carbocycles. The van der Waals surface area contributed by atoms with Gasteiger partial charge in [0, 0.05) is 17.6 Å². The second-order valence-corrected chi connectivity index (χ2v) is 5.42. The lowest BCUT2D eigenvalue weighted by Crippen LogP contribution is -2.35. The lowest BCUT2D eigenvalue weighted by Gasteiger charge is -2.21. The Bertz CT molecular complexity index is 375. The predicted octanol–water partition coefficient (Wildman–Crippen LogP) is 3.29. The van der Waals surface area contributed by atoms with E-state index in [4.69, 9.17) is 4.74 Å². The number of hydrogen-bond acceptors (Lipinski definition) is 3. The van der Waals surface area contributed by atoms with Gasteiger partial charge in [0.1, 0.15) is 5.82 Å². The van der Waals surface area contributed by atoms with Crippen LogP contribution in [-0.2, 0) is 6.54 Å². The summed E-state index contributed by atoms with van der Waals surface area (Å²) in [6.45, 7) is 9.48. The summed E-state index contributed by atoms with van der Waals surface area (Å²) in [6, 6.07) is 1.48. The molecular formula is C14H23FN2O. The number of nitrogens with one attached hydrogen (secondary N) is 1. The van der Waals surface area contributed by atoms with Gasteiger partial charge in [0.05, 0.1) is 12.8 Å². The van der Waals surface area contributed by atoms with Crippen molar-refractivity contribution in [2.75, 3.05) is 6.61 Å². The number of pyridine rings is 1. The van der Waals surface area contributed by atoms with Gasteiger partial charge in [-0.2, -0.15) is 0 Å². The summed E-state index contributed by atoms with van der Waals surface area (Å²) < 4.78 is 18.8. The van der Waals surface area contributed by atoms with Crippen molar-refractivity contribution in [3.63, 3.8) is 0 Å². The average Bonchev–Trinajstić information content (AvgIpc) is 2.28. The molecule has 0 saturated heterocycles. The molecule has 0 radical (unpaired) electrons. The van der Waals surface area contributed by atoms with Gasteiger partial charge in [-0.3, -0.25) is 0 Å². The normalized spacial score (nSPS) is 11.6. The van der Waals surface area contributed by atoms with Gasteiger partial charge in [-0.05, 0) is 33.3 Å². The minimum atomic E-state index is -0.330. The van der Waals surface area contributed by atoms with Crippen LogP contribution in [-0.4, -0.2) is 17.1 Å². The van der Waals surface area contributed by atoms with Gasteiger partial charge < -0.3 is 10.1 Å². The number of rotatable bonds is 6. The first-order valence-electron chi connectivity index (χ1n) is 6.44. The molecule has 1 aromatic rings. The van der Waals surface area contributed by atoms with Crippen LogP contribution in [0.2, 0.25) is 0 Å². The first-order chi connectivity index (χ1) is 8.42. The maximum atomic E-state index is 13.2. The molecule has 102 valence electrons. The Morgan fingerprint density at radius 2 is 2.11 bits per heavy atom. The Balaban J connectivity index is 2.70. The topological polar surface area (TPSA) is 34.1 Å². The van der Waals surface area contributed by atoms with Crippen molar-refractivity contribution in [2.45, 2.75) is 52.6 Å². The van der Waals surface area contributed by atoms with Crippen LogP contribution in [0.25, 0.3) is 0 Å². The highest BCUT2D eigenvalue weighted by Crippen LogP contribution is 2.17. The van der Waals surface area contributed by atoms with Crippen LogP contribution in [0.1, 0.15) is 46.1 Å². The molecule has 1 heterocycles. The zero-order valence-electron chi connectivity index (χ0n) is 11.7. The largest absolute Gasteiger partial charge is 0.477 e. The highest BCUT2D eigenvalue weighted by atomic mass is 19.1.